The average molecular weight is 548 g/mol. The first-order valence-electron chi connectivity index (χ1n) is 15.6. The number of ketones is 1. The Bertz CT molecular complexity index is 1180. The fraction of sp³-hybridized carbons (Fsp3) is 0.543. The number of nitrogens with zero attached hydrogens (tertiary/aromatic N) is 1. The molecule has 0 saturated heterocycles. The zero-order valence-electron chi connectivity index (χ0n) is 24.8. The van der Waals surface area contributed by atoms with Crippen molar-refractivity contribution < 1.29 is 19.4 Å². The maximum absolute atomic E-state index is 13.4. The molecular formula is C35H49NO4. The molecule has 0 atom stereocenters. The molecule has 5 heteroatoms. The van der Waals surface area contributed by atoms with Gasteiger partial charge in [0.2, 0.25) is 0 Å². The molecule has 1 N–H and O–H groups in total. The fourth-order valence-electron chi connectivity index (χ4n) is 5.67. The number of hydrogen-bond acceptors (Lipinski definition) is 3. The van der Waals surface area contributed by atoms with Crippen molar-refractivity contribution in [1.82, 2.24) is 4.57 Å². The second kappa shape index (κ2) is 17.6. The van der Waals surface area contributed by atoms with Gasteiger partial charge in [0, 0.05) is 23.9 Å². The minimum atomic E-state index is -1.07. The molecule has 40 heavy (non-hydrogen) atoms. The van der Waals surface area contributed by atoms with Gasteiger partial charge in [-0.05, 0) is 30.2 Å². The molecular weight excluding hydrogens is 498 g/mol. The first-order chi connectivity index (χ1) is 19.6. The average Bonchev–Trinajstić information content (AvgIpc) is 3.30. The zero-order chi connectivity index (χ0) is 28.6. The smallest absolute Gasteiger partial charge is 0.353 e. The van der Waals surface area contributed by atoms with Gasteiger partial charge in [0.1, 0.15) is 11.4 Å². The van der Waals surface area contributed by atoms with Crippen molar-refractivity contribution in [2.24, 2.45) is 0 Å². The number of hydrogen-bond donors (Lipinski definition) is 1. The quantitative estimate of drug-likeness (QED) is 0.106. The van der Waals surface area contributed by atoms with Crippen molar-refractivity contribution in [3.05, 3.63) is 65.4 Å². The van der Waals surface area contributed by atoms with Gasteiger partial charge in [-0.15, -0.1) is 0 Å². The van der Waals surface area contributed by atoms with Gasteiger partial charge in [0.25, 0.3) is 0 Å². The zero-order valence-corrected chi connectivity index (χ0v) is 24.8. The van der Waals surface area contributed by atoms with E-state index in [0.717, 1.165) is 41.5 Å². The molecule has 1 heterocycles. The third-order valence-corrected chi connectivity index (χ3v) is 7.96. The van der Waals surface area contributed by atoms with Crippen molar-refractivity contribution in [1.29, 1.82) is 0 Å². The summed E-state index contributed by atoms with van der Waals surface area (Å²) >= 11 is 0. The number of carboxylic acids is 1. The summed E-state index contributed by atoms with van der Waals surface area (Å²) in [6, 6.07) is 15.1. The largest absolute Gasteiger partial charge is 0.497 e. The highest BCUT2D eigenvalue weighted by Crippen LogP contribution is 2.29. The van der Waals surface area contributed by atoms with Crippen LogP contribution in [0.5, 0.6) is 5.75 Å². The molecule has 0 aliphatic heterocycles. The Morgan fingerprint density at radius 2 is 1.25 bits per heavy atom. The number of carboxylic acid groups (broad SMARTS) is 1. The number of methoxy groups -OCH3 is 1. The highest BCUT2D eigenvalue weighted by Gasteiger charge is 2.26. The lowest BCUT2D eigenvalue weighted by Crippen LogP contribution is -2.14. The molecule has 2 aromatic carbocycles. The van der Waals surface area contributed by atoms with Crippen molar-refractivity contribution in [3.8, 4) is 5.75 Å². The maximum atomic E-state index is 13.4. The number of unbranched alkanes of at least 4 members (excludes halogenated alkanes) is 14. The van der Waals surface area contributed by atoms with Gasteiger partial charge in [-0.2, -0.15) is 0 Å². The minimum absolute atomic E-state index is 0.0724. The van der Waals surface area contributed by atoms with Crippen LogP contribution in [0.2, 0.25) is 0 Å². The second-order valence-corrected chi connectivity index (χ2v) is 11.1. The van der Waals surface area contributed by atoms with Crippen LogP contribution in [-0.2, 0) is 6.54 Å². The lowest BCUT2D eigenvalue weighted by molar-refractivity contribution is 0.0681. The Hall–Kier alpha value is -3.08. The van der Waals surface area contributed by atoms with Gasteiger partial charge in [0.05, 0.1) is 12.7 Å². The molecule has 0 fully saturated rings. The van der Waals surface area contributed by atoms with Crippen LogP contribution < -0.4 is 4.74 Å². The highest BCUT2D eigenvalue weighted by molar-refractivity contribution is 6.15. The van der Waals surface area contributed by atoms with E-state index in [0.29, 0.717) is 18.5 Å². The summed E-state index contributed by atoms with van der Waals surface area (Å²) in [6.07, 6.45) is 19.5. The monoisotopic (exact) mass is 547 g/mol. The highest BCUT2D eigenvalue weighted by atomic mass is 16.5. The summed E-state index contributed by atoms with van der Waals surface area (Å²) in [7, 11) is 1.62. The van der Waals surface area contributed by atoms with Gasteiger partial charge in [-0.1, -0.05) is 127 Å². The number of fused-ring (bicyclic) bond motifs is 1. The van der Waals surface area contributed by atoms with Crippen LogP contribution in [0.25, 0.3) is 10.9 Å². The molecule has 0 amide bonds. The molecule has 0 bridgehead atoms. The molecule has 3 rings (SSSR count). The van der Waals surface area contributed by atoms with Crippen molar-refractivity contribution in [3.63, 3.8) is 0 Å². The molecule has 0 aliphatic carbocycles. The number of carbonyl (C=O) groups is 2. The molecule has 0 aliphatic rings. The number of para-hydroxylation sites is 1. The van der Waals surface area contributed by atoms with E-state index < -0.39 is 5.97 Å². The third kappa shape index (κ3) is 9.53. The number of rotatable bonds is 21. The molecule has 3 aromatic rings. The lowest BCUT2D eigenvalue weighted by atomic mass is 10.00. The first kappa shape index (κ1) is 31.4. The summed E-state index contributed by atoms with van der Waals surface area (Å²) in [5, 5.41) is 10.9. The van der Waals surface area contributed by atoms with E-state index in [9.17, 15) is 14.7 Å². The lowest BCUT2D eigenvalue weighted by Gasteiger charge is -2.10. The molecule has 0 saturated carbocycles. The number of carbonyl (C=O) groups excluding carboxylic acids is 1. The van der Waals surface area contributed by atoms with E-state index in [1.807, 2.05) is 48.5 Å². The Morgan fingerprint density at radius 1 is 0.725 bits per heavy atom. The Kier molecular flexibility index (Phi) is 13.8. The van der Waals surface area contributed by atoms with Gasteiger partial charge in [0.15, 0.2) is 5.78 Å². The van der Waals surface area contributed by atoms with E-state index in [1.54, 1.807) is 11.7 Å². The molecule has 5 nitrogen and oxygen atoms in total. The molecule has 218 valence electrons. The van der Waals surface area contributed by atoms with Crippen LogP contribution in [-0.4, -0.2) is 28.5 Å². The molecule has 0 radical (unpaired) electrons. The molecule has 0 unspecified atom stereocenters. The fourth-order valence-corrected chi connectivity index (χ4v) is 5.67. The van der Waals surface area contributed by atoms with Gasteiger partial charge in [-0.25, -0.2) is 4.79 Å². The van der Waals surface area contributed by atoms with E-state index >= 15 is 0 Å². The first-order valence-corrected chi connectivity index (χ1v) is 15.6. The van der Waals surface area contributed by atoms with Crippen LogP contribution in [0.1, 0.15) is 136 Å². The van der Waals surface area contributed by atoms with Gasteiger partial charge < -0.3 is 14.4 Å². The SMILES string of the molecule is CCCCCCCCCCCCCCCCCC(=O)c1c(C(=O)O)n(Cc2ccc(OC)cc2)c2ccccc12. The van der Waals surface area contributed by atoms with Crippen LogP contribution >= 0.6 is 0 Å². The number of aromatic nitrogens is 1. The van der Waals surface area contributed by atoms with E-state index in [-0.39, 0.29) is 11.5 Å². The van der Waals surface area contributed by atoms with Crippen molar-refractivity contribution in [2.75, 3.05) is 7.11 Å². The van der Waals surface area contributed by atoms with Gasteiger partial charge in [-0.3, -0.25) is 4.79 Å². The Labute approximate surface area is 240 Å². The number of Topliss-reactive ketones (excluding diaryl/α,β-unsaturated/α-hetero) is 1. The third-order valence-electron chi connectivity index (χ3n) is 7.96. The summed E-state index contributed by atoms with van der Waals surface area (Å²) in [6.45, 7) is 2.64. The summed E-state index contributed by atoms with van der Waals surface area (Å²) < 4.78 is 7.01. The normalized spacial score (nSPS) is 11.2. The maximum Gasteiger partial charge on any atom is 0.353 e. The summed E-state index contributed by atoms with van der Waals surface area (Å²) in [4.78, 5) is 25.8. The van der Waals surface area contributed by atoms with E-state index in [2.05, 4.69) is 6.92 Å². The second-order valence-electron chi connectivity index (χ2n) is 11.1. The summed E-state index contributed by atoms with van der Waals surface area (Å²) in [5.74, 6) is -0.389. The van der Waals surface area contributed by atoms with Crippen LogP contribution in [0.15, 0.2) is 48.5 Å². The summed E-state index contributed by atoms with van der Waals surface area (Å²) in [5.41, 5.74) is 2.16. The van der Waals surface area contributed by atoms with Crippen LogP contribution in [0.4, 0.5) is 0 Å². The van der Waals surface area contributed by atoms with Crippen LogP contribution in [0.3, 0.4) is 0 Å². The number of benzene rings is 2. The molecule has 0 spiro atoms. The Morgan fingerprint density at radius 3 is 1.77 bits per heavy atom. The minimum Gasteiger partial charge on any atom is -0.497 e. The predicted octanol–water partition coefficient (Wildman–Crippen LogP) is 9.84. The number of aromatic carboxylic acids is 1. The van der Waals surface area contributed by atoms with E-state index in [4.69, 9.17) is 4.74 Å². The van der Waals surface area contributed by atoms with Crippen molar-refractivity contribution >= 4 is 22.7 Å². The topological polar surface area (TPSA) is 68.5 Å². The number of ether oxygens (including phenoxy) is 1. The standard InChI is InChI=1S/C35H49NO4/c1-3-4-5-6-7-8-9-10-11-12-13-14-15-16-17-22-32(37)33-30-20-18-19-21-31(30)36(34(33)35(38)39)27-28-23-25-29(40-2)26-24-28/h18-21,23-26H,3-17,22,27H2,1-2H3,(H,38,39). The van der Waals surface area contributed by atoms with E-state index in [1.165, 1.54) is 77.0 Å². The van der Waals surface area contributed by atoms with Crippen molar-refractivity contribution in [2.45, 2.75) is 116 Å². The predicted molar refractivity (Wildman–Crippen MR) is 165 cm³/mol. The molecule has 1 aromatic heterocycles. The van der Waals surface area contributed by atoms with Crippen LogP contribution in [0, 0.1) is 0 Å². The van der Waals surface area contributed by atoms with Gasteiger partial charge >= 0.3 is 5.97 Å². The Balaban J connectivity index is 1.46.